The summed E-state index contributed by atoms with van der Waals surface area (Å²) in [5, 5.41) is 0. The van der Waals surface area contributed by atoms with E-state index in [1.54, 1.807) is 0 Å². The molecule has 1 nitrogen and oxygen atoms in total. The molecule has 0 rings (SSSR count). The van der Waals surface area contributed by atoms with Gasteiger partial charge in [-0.1, -0.05) is 0 Å². The summed E-state index contributed by atoms with van der Waals surface area (Å²) in [6.45, 7) is 0. The van der Waals surface area contributed by atoms with Crippen molar-refractivity contribution < 1.29 is 57.0 Å². The Morgan fingerprint density at radius 2 is 1.00 bits per heavy atom. The van der Waals surface area contributed by atoms with Gasteiger partial charge in [0, 0.05) is 0 Å². The van der Waals surface area contributed by atoms with Crippen molar-refractivity contribution in [2.24, 2.45) is 0 Å². The molecule has 0 atom stereocenters. The van der Waals surface area contributed by atoms with Crippen molar-refractivity contribution in [3.05, 3.63) is 0 Å². The fraction of sp³-hybridized carbons (Fsp3) is 0. The van der Waals surface area contributed by atoms with Crippen LogP contribution in [0.4, 0.5) is 0 Å². The second-order valence-corrected chi connectivity index (χ2v) is 0. The van der Waals surface area contributed by atoms with Crippen molar-refractivity contribution in [2.75, 3.05) is 0 Å². The smallest absolute Gasteiger partial charge is 2.00 e. The van der Waals surface area contributed by atoms with Crippen LogP contribution in [0.2, 0.25) is 0 Å². The standard InChI is InChI=1S/Cr.Cu.Mg.Mn.O/q+3;3*+2;-2. The first-order chi connectivity index (χ1) is 0. The summed E-state index contributed by atoms with van der Waals surface area (Å²) in [5.41, 5.74) is 0. The molecule has 0 aliphatic rings. The molecule has 0 aliphatic heterocycles. The molecule has 0 aromatic heterocycles. The Labute approximate surface area is 79.2 Å². The van der Waals surface area contributed by atoms with Crippen LogP contribution in [0, 0.1) is 0 Å². The average molecular weight is 211 g/mol. The van der Waals surface area contributed by atoms with Crippen LogP contribution in [-0.4, -0.2) is 23.1 Å². The molecule has 25 valence electrons. The van der Waals surface area contributed by atoms with Crippen LogP contribution in [0.1, 0.15) is 0 Å². The van der Waals surface area contributed by atoms with E-state index in [4.69, 9.17) is 0 Å². The predicted molar refractivity (Wildman–Crippen MR) is 6.44 cm³/mol. The largest absolute Gasteiger partial charge is 3.00 e. The van der Waals surface area contributed by atoms with Gasteiger partial charge < -0.3 is 5.48 Å². The molecule has 3 radical (unpaired) electrons. The van der Waals surface area contributed by atoms with Crippen molar-refractivity contribution in [2.45, 2.75) is 0 Å². The normalized spacial score (nSPS) is 0. The Morgan fingerprint density at radius 3 is 1.00 bits per heavy atom. The molecule has 0 aromatic rings. The minimum atomic E-state index is 0. The van der Waals surface area contributed by atoms with Crippen LogP contribution in [0.5, 0.6) is 0 Å². The summed E-state index contributed by atoms with van der Waals surface area (Å²) in [6.07, 6.45) is 0. The first-order valence-corrected chi connectivity index (χ1v) is 0. The van der Waals surface area contributed by atoms with E-state index in [1.807, 2.05) is 0 Å². The third-order valence-corrected chi connectivity index (χ3v) is 0. The molecule has 0 aromatic carbocycles. The van der Waals surface area contributed by atoms with Crippen LogP contribution in [0.15, 0.2) is 0 Å². The number of hydrogen-bond acceptors (Lipinski definition) is 0. The van der Waals surface area contributed by atoms with E-state index in [0.717, 1.165) is 0 Å². The quantitative estimate of drug-likeness (QED) is 0.483. The summed E-state index contributed by atoms with van der Waals surface area (Å²) in [6, 6.07) is 0. The fourth-order valence-electron chi connectivity index (χ4n) is 0. The molecular weight excluding hydrogens is 211 g/mol. The van der Waals surface area contributed by atoms with Gasteiger partial charge in [-0.2, -0.15) is 0 Å². The van der Waals surface area contributed by atoms with Crippen molar-refractivity contribution in [3.8, 4) is 0 Å². The Kier molecular flexibility index (Phi) is 367. The first-order valence-electron chi connectivity index (χ1n) is 0. The van der Waals surface area contributed by atoms with E-state index in [9.17, 15) is 0 Å². The molecule has 5 heavy (non-hydrogen) atoms. The van der Waals surface area contributed by atoms with Crippen molar-refractivity contribution in [1.82, 2.24) is 0 Å². The van der Waals surface area contributed by atoms with Gasteiger partial charge in [0.05, 0.1) is 0 Å². The molecule has 0 bridgehead atoms. The minimum absolute atomic E-state index is 0. The monoisotopic (exact) mass is 210 g/mol. The maximum atomic E-state index is 0. The molecule has 0 saturated heterocycles. The first kappa shape index (κ1) is 54.8. The Balaban J connectivity index is 0. The SMILES string of the molecule is [Cr+3].[Cu+2].[Mg+2].[Mn+2].[O-2]. The van der Waals surface area contributed by atoms with Gasteiger partial charge in [0.15, 0.2) is 0 Å². The van der Waals surface area contributed by atoms with E-state index >= 15 is 0 Å². The summed E-state index contributed by atoms with van der Waals surface area (Å²) < 4.78 is 0. The molecule has 0 N–H and O–H groups in total. The number of rotatable bonds is 0. The summed E-state index contributed by atoms with van der Waals surface area (Å²) in [7, 11) is 0. The number of hydrogen-bond donors (Lipinski definition) is 0. The molecule has 0 spiro atoms. The Hall–Kier alpha value is 2.30. The van der Waals surface area contributed by atoms with Gasteiger partial charge >= 0.3 is 74.6 Å². The maximum Gasteiger partial charge on any atom is 3.00 e. The van der Waals surface area contributed by atoms with Crippen LogP contribution in [0.25, 0.3) is 0 Å². The molecule has 0 aliphatic carbocycles. The fourth-order valence-corrected chi connectivity index (χ4v) is 0. The van der Waals surface area contributed by atoms with Crippen molar-refractivity contribution >= 4 is 23.1 Å². The summed E-state index contributed by atoms with van der Waals surface area (Å²) in [4.78, 5) is 0. The van der Waals surface area contributed by atoms with E-state index < -0.39 is 0 Å². The molecule has 0 fully saturated rings. The topological polar surface area (TPSA) is 28.5 Å². The summed E-state index contributed by atoms with van der Waals surface area (Å²) in [5.74, 6) is 0. The molecule has 0 amide bonds. The zero-order chi connectivity index (χ0) is 0. The van der Waals surface area contributed by atoms with Gasteiger partial charge in [-0.3, -0.25) is 0 Å². The second-order valence-electron chi connectivity index (χ2n) is 0. The van der Waals surface area contributed by atoms with E-state index in [1.165, 1.54) is 0 Å². The minimum Gasteiger partial charge on any atom is -2.00 e. The van der Waals surface area contributed by atoms with Crippen LogP contribution >= 0.6 is 0 Å². The molecule has 0 heterocycles. The van der Waals surface area contributed by atoms with E-state index in [2.05, 4.69) is 0 Å². The molecule has 0 unspecified atom stereocenters. The average Bonchev–Trinajstić information content (AvgIpc) is 0. The molecular formula is CrCuMgMnO+7. The molecule has 0 saturated carbocycles. The Bertz CT molecular complexity index is 11.6. The third kappa shape index (κ3) is 22.0. The van der Waals surface area contributed by atoms with Crippen LogP contribution < -0.4 is 0 Å². The van der Waals surface area contributed by atoms with Gasteiger partial charge in [0.25, 0.3) is 0 Å². The zero-order valence-corrected chi connectivity index (χ0v) is 7.01. The van der Waals surface area contributed by atoms with Crippen LogP contribution in [-0.2, 0) is 57.0 Å². The van der Waals surface area contributed by atoms with Crippen molar-refractivity contribution in [1.29, 1.82) is 0 Å². The van der Waals surface area contributed by atoms with Crippen molar-refractivity contribution in [3.63, 3.8) is 0 Å². The maximum absolute atomic E-state index is 0. The van der Waals surface area contributed by atoms with Gasteiger partial charge in [0.2, 0.25) is 0 Å². The second kappa shape index (κ2) is 33.5. The van der Waals surface area contributed by atoms with E-state index in [0.29, 0.717) is 0 Å². The van der Waals surface area contributed by atoms with Gasteiger partial charge in [-0.25, -0.2) is 0 Å². The van der Waals surface area contributed by atoms with Gasteiger partial charge in [-0.15, -0.1) is 0 Å². The van der Waals surface area contributed by atoms with Crippen LogP contribution in [0.3, 0.4) is 0 Å². The van der Waals surface area contributed by atoms with Gasteiger partial charge in [-0.05, 0) is 0 Å². The van der Waals surface area contributed by atoms with E-state index in [-0.39, 0.29) is 80.0 Å². The zero-order valence-electron chi connectivity index (χ0n) is 2.20. The third-order valence-electron chi connectivity index (χ3n) is 0. The van der Waals surface area contributed by atoms with Gasteiger partial charge in [0.1, 0.15) is 0 Å². The summed E-state index contributed by atoms with van der Waals surface area (Å²) >= 11 is 0. The Morgan fingerprint density at radius 1 is 1.00 bits per heavy atom. The predicted octanol–water partition coefficient (Wildman–Crippen LogP) is -0.507. The molecule has 5 heteroatoms.